The molecule has 0 amide bonds. The summed E-state index contributed by atoms with van der Waals surface area (Å²) in [6.07, 6.45) is 0. The highest BCUT2D eigenvalue weighted by molar-refractivity contribution is 7.17. The SMILES string of the molecule is N[C@H](C(=O)O)C(O)P. The van der Waals surface area contributed by atoms with Crippen LogP contribution in [0.2, 0.25) is 0 Å². The molecule has 0 aromatic carbocycles. The van der Waals surface area contributed by atoms with E-state index in [1.807, 2.05) is 9.24 Å². The largest absolute Gasteiger partial charge is 0.480 e. The van der Waals surface area contributed by atoms with Gasteiger partial charge >= 0.3 is 5.97 Å². The number of carbonyl (C=O) groups is 1. The second-order valence-corrected chi connectivity index (χ2v) is 2.04. The Morgan fingerprint density at radius 1 is 1.75 bits per heavy atom. The maximum absolute atomic E-state index is 9.84. The molecule has 2 unspecified atom stereocenters. The Labute approximate surface area is 48.9 Å². The molecule has 0 aromatic rings. The lowest BCUT2D eigenvalue weighted by Gasteiger charge is -2.06. The van der Waals surface area contributed by atoms with Crippen LogP contribution in [0, 0.1) is 0 Å². The summed E-state index contributed by atoms with van der Waals surface area (Å²) in [6.45, 7) is 0. The summed E-state index contributed by atoms with van der Waals surface area (Å²) in [5, 5.41) is 16.5. The first-order valence-corrected chi connectivity index (χ1v) is 2.64. The van der Waals surface area contributed by atoms with E-state index < -0.39 is 17.9 Å². The van der Waals surface area contributed by atoms with E-state index in [9.17, 15) is 4.79 Å². The molecule has 3 atom stereocenters. The topological polar surface area (TPSA) is 83.6 Å². The highest BCUT2D eigenvalue weighted by Crippen LogP contribution is 1.97. The maximum atomic E-state index is 9.84. The molecule has 0 aliphatic heterocycles. The van der Waals surface area contributed by atoms with Crippen molar-refractivity contribution in [3.63, 3.8) is 0 Å². The molecule has 0 spiro atoms. The predicted octanol–water partition coefficient (Wildman–Crippen LogP) is -1.41. The minimum absolute atomic E-state index is 1.06. The number of aliphatic hydroxyl groups is 1. The molecular formula is C3H8NO3P. The van der Waals surface area contributed by atoms with E-state index in [1.54, 1.807) is 0 Å². The molecule has 0 saturated carbocycles. The zero-order valence-electron chi connectivity index (χ0n) is 4.11. The summed E-state index contributed by atoms with van der Waals surface area (Å²) in [5.41, 5.74) is 4.89. The van der Waals surface area contributed by atoms with Crippen molar-refractivity contribution in [1.29, 1.82) is 0 Å². The normalized spacial score (nSPS) is 17.4. The number of nitrogens with two attached hydrogens (primary N) is 1. The van der Waals surface area contributed by atoms with Crippen molar-refractivity contribution < 1.29 is 15.0 Å². The zero-order valence-corrected chi connectivity index (χ0v) is 5.27. The van der Waals surface area contributed by atoms with Crippen molar-refractivity contribution in [2.75, 3.05) is 0 Å². The quantitative estimate of drug-likeness (QED) is 0.408. The van der Waals surface area contributed by atoms with Gasteiger partial charge in [0.15, 0.2) is 0 Å². The third-order valence-corrected chi connectivity index (χ3v) is 1.07. The lowest BCUT2D eigenvalue weighted by molar-refractivity contribution is -0.139. The number of aliphatic carboxylic acids is 1. The van der Waals surface area contributed by atoms with E-state index in [4.69, 9.17) is 15.9 Å². The molecule has 4 N–H and O–H groups in total. The minimum atomic E-state index is -1.20. The molecule has 5 heteroatoms. The minimum Gasteiger partial charge on any atom is -0.480 e. The Bertz CT molecular complexity index is 94.5. The summed E-state index contributed by atoms with van der Waals surface area (Å²) in [5.74, 6) is -2.26. The number of hydrogen-bond acceptors (Lipinski definition) is 3. The molecule has 0 fully saturated rings. The van der Waals surface area contributed by atoms with Crippen molar-refractivity contribution >= 4 is 15.2 Å². The predicted molar refractivity (Wildman–Crippen MR) is 31.3 cm³/mol. The molecule has 4 nitrogen and oxygen atoms in total. The van der Waals surface area contributed by atoms with E-state index in [0.717, 1.165) is 0 Å². The molecule has 0 aliphatic carbocycles. The first kappa shape index (κ1) is 7.82. The molecule has 0 bridgehead atoms. The van der Waals surface area contributed by atoms with Crippen molar-refractivity contribution in [3.8, 4) is 0 Å². The van der Waals surface area contributed by atoms with E-state index in [2.05, 4.69) is 0 Å². The van der Waals surface area contributed by atoms with E-state index in [0.29, 0.717) is 0 Å². The van der Waals surface area contributed by atoms with Gasteiger partial charge in [-0.25, -0.2) is 0 Å². The van der Waals surface area contributed by atoms with Gasteiger partial charge in [-0.15, -0.1) is 9.24 Å². The van der Waals surface area contributed by atoms with Crippen molar-refractivity contribution in [2.24, 2.45) is 5.73 Å². The van der Waals surface area contributed by atoms with Crippen LogP contribution in [-0.4, -0.2) is 28.1 Å². The van der Waals surface area contributed by atoms with Gasteiger partial charge in [-0.2, -0.15) is 0 Å². The van der Waals surface area contributed by atoms with Crippen LogP contribution in [0.25, 0.3) is 0 Å². The third kappa shape index (κ3) is 2.21. The smallest absolute Gasteiger partial charge is 0.323 e. The Hall–Kier alpha value is -0.180. The Morgan fingerprint density at radius 2 is 2.12 bits per heavy atom. The average Bonchev–Trinajstić information content (AvgIpc) is 1.64. The summed E-state index contributed by atoms with van der Waals surface area (Å²) < 4.78 is 0. The van der Waals surface area contributed by atoms with Gasteiger partial charge in [0.25, 0.3) is 0 Å². The monoisotopic (exact) mass is 137 g/mol. The number of hydrogen-bond donors (Lipinski definition) is 3. The Kier molecular flexibility index (Phi) is 2.90. The van der Waals surface area contributed by atoms with Crippen molar-refractivity contribution in [3.05, 3.63) is 0 Å². The number of carboxylic acid groups (broad SMARTS) is 1. The van der Waals surface area contributed by atoms with Gasteiger partial charge in [0, 0.05) is 0 Å². The Morgan fingerprint density at radius 3 is 2.12 bits per heavy atom. The van der Waals surface area contributed by atoms with Gasteiger partial charge in [0.05, 0.1) is 5.85 Å². The Balaban J connectivity index is 3.64. The highest BCUT2D eigenvalue weighted by Gasteiger charge is 2.16. The fraction of sp³-hybridized carbons (Fsp3) is 0.667. The molecule has 0 aromatic heterocycles. The fourth-order valence-corrected chi connectivity index (χ4v) is 0.311. The van der Waals surface area contributed by atoms with Crippen LogP contribution < -0.4 is 5.73 Å². The first-order chi connectivity index (χ1) is 3.55. The van der Waals surface area contributed by atoms with E-state index in [1.165, 1.54) is 0 Å². The van der Waals surface area contributed by atoms with Gasteiger partial charge in [-0.3, -0.25) is 4.79 Å². The van der Waals surface area contributed by atoms with Crippen molar-refractivity contribution in [1.82, 2.24) is 0 Å². The first-order valence-electron chi connectivity index (χ1n) is 1.97. The lowest BCUT2D eigenvalue weighted by atomic mass is 10.3. The maximum Gasteiger partial charge on any atom is 0.323 e. The van der Waals surface area contributed by atoms with Crippen molar-refractivity contribution in [2.45, 2.75) is 11.9 Å². The van der Waals surface area contributed by atoms with Gasteiger partial charge in [-0.1, -0.05) is 0 Å². The van der Waals surface area contributed by atoms with Crippen LogP contribution in [0.3, 0.4) is 0 Å². The van der Waals surface area contributed by atoms with Crippen LogP contribution in [-0.2, 0) is 4.79 Å². The van der Waals surface area contributed by atoms with Gasteiger partial charge < -0.3 is 15.9 Å². The molecule has 48 valence electrons. The van der Waals surface area contributed by atoms with Crippen LogP contribution in [0.1, 0.15) is 0 Å². The molecular weight excluding hydrogens is 129 g/mol. The van der Waals surface area contributed by atoms with Gasteiger partial charge in [0.1, 0.15) is 6.04 Å². The average molecular weight is 137 g/mol. The summed E-state index contributed by atoms with van der Waals surface area (Å²) in [7, 11) is 1.89. The number of aliphatic hydroxyl groups excluding tert-OH is 1. The molecule has 0 radical (unpaired) electrons. The second-order valence-electron chi connectivity index (χ2n) is 1.35. The molecule has 0 heterocycles. The third-order valence-electron chi connectivity index (χ3n) is 0.653. The summed E-state index contributed by atoms with van der Waals surface area (Å²) in [4.78, 5) is 9.84. The van der Waals surface area contributed by atoms with Gasteiger partial charge in [0.2, 0.25) is 0 Å². The number of carboxylic acids is 1. The fourth-order valence-electron chi connectivity index (χ4n) is 0.146. The van der Waals surface area contributed by atoms with Crippen LogP contribution in [0.4, 0.5) is 0 Å². The second kappa shape index (κ2) is 2.97. The van der Waals surface area contributed by atoms with E-state index >= 15 is 0 Å². The lowest BCUT2D eigenvalue weighted by Crippen LogP contribution is -2.38. The summed E-state index contributed by atoms with van der Waals surface area (Å²) in [6, 6.07) is -1.19. The summed E-state index contributed by atoms with van der Waals surface area (Å²) >= 11 is 0. The molecule has 0 rings (SSSR count). The standard InChI is InChI=1S/C3H8NO3P/c4-1(2(5)6)3(7)8/h1,3,7H,4,8H2,(H,5,6)/t1-,3?/m1/s1. The molecule has 0 aliphatic rings. The van der Waals surface area contributed by atoms with Crippen LogP contribution in [0.5, 0.6) is 0 Å². The van der Waals surface area contributed by atoms with Crippen LogP contribution >= 0.6 is 9.24 Å². The molecule has 0 saturated heterocycles. The van der Waals surface area contributed by atoms with Gasteiger partial charge in [-0.05, 0) is 0 Å². The zero-order chi connectivity index (χ0) is 6.73. The molecule has 8 heavy (non-hydrogen) atoms. The highest BCUT2D eigenvalue weighted by atomic mass is 31.0. The number of rotatable bonds is 2. The van der Waals surface area contributed by atoms with E-state index in [-0.39, 0.29) is 0 Å². The van der Waals surface area contributed by atoms with Crippen LogP contribution in [0.15, 0.2) is 0 Å².